The van der Waals surface area contributed by atoms with Crippen LogP contribution in [0.5, 0.6) is 0 Å². The molecule has 264 valence electrons. The number of anilines is 1. The summed E-state index contributed by atoms with van der Waals surface area (Å²) in [4.78, 5) is 40.8. The van der Waals surface area contributed by atoms with Crippen LogP contribution < -0.4 is 16.0 Å². The summed E-state index contributed by atoms with van der Waals surface area (Å²) in [6.07, 6.45) is 8.99. The third kappa shape index (κ3) is 8.05. The maximum atomic E-state index is 15.6. The lowest BCUT2D eigenvalue weighted by Gasteiger charge is -2.42. The van der Waals surface area contributed by atoms with Gasteiger partial charge in [-0.05, 0) is 75.1 Å². The van der Waals surface area contributed by atoms with Crippen LogP contribution in [0, 0.1) is 29.5 Å². The van der Waals surface area contributed by atoms with E-state index in [0.29, 0.717) is 5.69 Å². The normalized spacial score (nSPS) is 20.4. The fourth-order valence-corrected chi connectivity index (χ4v) is 7.82. The monoisotopic (exact) mass is 675 g/mol. The molecule has 1 aromatic carbocycles. The number of carbonyl (C=O) groups is 3. The third-order valence-electron chi connectivity index (χ3n) is 10.7. The van der Waals surface area contributed by atoms with Gasteiger partial charge in [-0.2, -0.15) is 5.10 Å². The molecule has 12 heteroatoms. The molecule has 5 rings (SSSR count). The molecular formula is C36H49F4N5O3. The first-order valence-electron chi connectivity index (χ1n) is 17.6. The molecule has 0 bridgehead atoms. The second-order valence-electron chi connectivity index (χ2n) is 14.4. The molecular weight excluding hydrogens is 626 g/mol. The van der Waals surface area contributed by atoms with Crippen molar-refractivity contribution in [2.75, 3.05) is 5.32 Å². The second kappa shape index (κ2) is 15.4. The zero-order chi connectivity index (χ0) is 34.6. The lowest BCUT2D eigenvalue weighted by molar-refractivity contribution is -0.136. The number of hydrogen-bond donors (Lipinski definition) is 3. The Kier molecular flexibility index (Phi) is 11.5. The molecule has 1 heterocycles. The molecule has 48 heavy (non-hydrogen) atoms. The van der Waals surface area contributed by atoms with Crippen LogP contribution in [0.2, 0.25) is 0 Å². The summed E-state index contributed by atoms with van der Waals surface area (Å²) in [5, 5.41) is 11.9. The molecule has 0 spiro atoms. The maximum Gasteiger partial charge on any atom is 0.290 e. The van der Waals surface area contributed by atoms with Gasteiger partial charge in [0.05, 0.1) is 11.6 Å². The van der Waals surface area contributed by atoms with Gasteiger partial charge in [0.1, 0.15) is 17.6 Å². The van der Waals surface area contributed by atoms with Gasteiger partial charge in [0, 0.05) is 18.2 Å². The second-order valence-corrected chi connectivity index (χ2v) is 14.4. The summed E-state index contributed by atoms with van der Waals surface area (Å²) in [6.45, 7) is 5.21. The predicted molar refractivity (Wildman–Crippen MR) is 175 cm³/mol. The van der Waals surface area contributed by atoms with E-state index in [1.807, 2.05) is 19.2 Å². The molecule has 1 unspecified atom stereocenters. The largest absolute Gasteiger partial charge is 0.339 e. The smallest absolute Gasteiger partial charge is 0.290 e. The Hall–Kier alpha value is -3.44. The van der Waals surface area contributed by atoms with Crippen molar-refractivity contribution in [3.05, 3.63) is 47.5 Å². The molecule has 3 fully saturated rings. The van der Waals surface area contributed by atoms with E-state index in [9.17, 15) is 27.6 Å². The minimum atomic E-state index is -3.39. The van der Waals surface area contributed by atoms with Gasteiger partial charge in [-0.3, -0.25) is 19.1 Å². The van der Waals surface area contributed by atoms with E-state index in [1.165, 1.54) is 19.1 Å². The first-order valence-corrected chi connectivity index (χ1v) is 17.6. The summed E-state index contributed by atoms with van der Waals surface area (Å²) in [7, 11) is 0. The van der Waals surface area contributed by atoms with Crippen LogP contribution in [0.4, 0.5) is 23.2 Å². The van der Waals surface area contributed by atoms with E-state index >= 15 is 4.39 Å². The molecule has 8 nitrogen and oxygen atoms in total. The average molecular weight is 676 g/mol. The first kappa shape index (κ1) is 35.9. The van der Waals surface area contributed by atoms with Crippen LogP contribution in [0.15, 0.2) is 30.5 Å². The summed E-state index contributed by atoms with van der Waals surface area (Å²) in [5.41, 5.74) is 0.339. The number of benzene rings is 1. The van der Waals surface area contributed by atoms with Crippen molar-refractivity contribution in [3.63, 3.8) is 0 Å². The fraction of sp³-hybridized carbons (Fsp3) is 0.667. The number of rotatable bonds is 13. The van der Waals surface area contributed by atoms with Crippen LogP contribution >= 0.6 is 0 Å². The fourth-order valence-electron chi connectivity index (χ4n) is 7.82. The molecule has 3 aliphatic carbocycles. The molecule has 3 amide bonds. The highest BCUT2D eigenvalue weighted by molar-refractivity contribution is 6.01. The zero-order valence-corrected chi connectivity index (χ0v) is 28.1. The average Bonchev–Trinajstić information content (AvgIpc) is 3.82. The van der Waals surface area contributed by atoms with Crippen molar-refractivity contribution in [3.8, 4) is 0 Å². The van der Waals surface area contributed by atoms with Gasteiger partial charge in [0.2, 0.25) is 17.6 Å². The van der Waals surface area contributed by atoms with Crippen molar-refractivity contribution < 1.29 is 31.9 Å². The van der Waals surface area contributed by atoms with E-state index in [4.69, 9.17) is 0 Å². The molecule has 0 aliphatic heterocycles. The highest BCUT2D eigenvalue weighted by atomic mass is 19.3. The van der Waals surface area contributed by atoms with Gasteiger partial charge in [-0.15, -0.1) is 0 Å². The summed E-state index contributed by atoms with van der Waals surface area (Å²) in [6, 6.07) is 4.38. The third-order valence-corrected chi connectivity index (χ3v) is 10.7. The summed E-state index contributed by atoms with van der Waals surface area (Å²) >= 11 is 0. The minimum absolute atomic E-state index is 0.0806. The number of carbonyl (C=O) groups excluding carboxylic acids is 3. The van der Waals surface area contributed by atoms with Crippen LogP contribution in [-0.4, -0.2) is 45.8 Å². The lowest BCUT2D eigenvalue weighted by Crippen LogP contribution is -2.53. The number of aromatic nitrogens is 2. The molecule has 3 N–H and O–H groups in total. The topological polar surface area (TPSA) is 105 Å². The van der Waals surface area contributed by atoms with Crippen LogP contribution in [-0.2, 0) is 9.59 Å². The van der Waals surface area contributed by atoms with Crippen molar-refractivity contribution in [2.45, 2.75) is 128 Å². The Morgan fingerprint density at radius 1 is 0.875 bits per heavy atom. The van der Waals surface area contributed by atoms with Gasteiger partial charge < -0.3 is 16.0 Å². The Morgan fingerprint density at radius 3 is 2.00 bits per heavy atom. The zero-order valence-electron chi connectivity index (χ0n) is 28.1. The molecule has 0 radical (unpaired) electrons. The predicted octanol–water partition coefficient (Wildman–Crippen LogP) is 7.68. The van der Waals surface area contributed by atoms with Gasteiger partial charge in [0.15, 0.2) is 0 Å². The maximum absolute atomic E-state index is 15.6. The molecule has 3 aliphatic rings. The molecule has 3 saturated carbocycles. The highest BCUT2D eigenvalue weighted by Gasteiger charge is 2.54. The van der Waals surface area contributed by atoms with Crippen LogP contribution in [0.1, 0.15) is 126 Å². The Morgan fingerprint density at radius 2 is 1.48 bits per heavy atom. The van der Waals surface area contributed by atoms with Crippen molar-refractivity contribution in [2.24, 2.45) is 23.7 Å². The number of hydrogen-bond acceptors (Lipinski definition) is 4. The van der Waals surface area contributed by atoms with Crippen LogP contribution in [0.25, 0.3) is 0 Å². The number of nitrogens with zero attached hydrogens (tertiary/aromatic N) is 2. The number of amides is 3. The van der Waals surface area contributed by atoms with Gasteiger partial charge in [0.25, 0.3) is 12.3 Å². The highest BCUT2D eigenvalue weighted by Crippen LogP contribution is 2.45. The molecule has 3 atom stereocenters. The molecule has 0 saturated heterocycles. The Bertz CT molecular complexity index is 1410. The summed E-state index contributed by atoms with van der Waals surface area (Å²) < 4.78 is 59.1. The number of alkyl halides is 3. The number of nitrogens with one attached hydrogen (secondary N) is 3. The number of halogens is 4. The standard InChI is InChI=1S/C36H49F4N5O3/c1-21(2)45-29(18-19-41-45)33(47)43-31(30(23-10-6-4-7-11-23)24-12-8-5-9-13-24)34(48)42-28-17-14-25(20-27(28)37)22(3)32(46)44-36(40,35(38)39)26-15-16-26/h14,17-24,26,30-31,35H,4-13,15-16H2,1-3H3,(H,42,48)(H,43,47)(H,44,46)/t22-,31-,36?/m0/s1. The van der Waals surface area contributed by atoms with E-state index < -0.39 is 53.6 Å². The molecule has 1 aromatic heterocycles. The van der Waals surface area contributed by atoms with Crippen LogP contribution in [0.3, 0.4) is 0 Å². The van der Waals surface area contributed by atoms with Crippen molar-refractivity contribution in [1.29, 1.82) is 0 Å². The van der Waals surface area contributed by atoms with E-state index in [1.54, 1.807) is 16.9 Å². The Balaban J connectivity index is 1.39. The summed E-state index contributed by atoms with van der Waals surface area (Å²) in [5.74, 6) is -7.66. The van der Waals surface area contributed by atoms with Crippen molar-refractivity contribution >= 4 is 23.4 Å². The van der Waals surface area contributed by atoms with Gasteiger partial charge >= 0.3 is 0 Å². The van der Waals surface area contributed by atoms with Crippen molar-refractivity contribution in [1.82, 2.24) is 20.4 Å². The molecule has 2 aromatic rings. The lowest BCUT2D eigenvalue weighted by atomic mass is 9.66. The van der Waals surface area contributed by atoms with E-state index in [0.717, 1.165) is 70.3 Å². The first-order chi connectivity index (χ1) is 22.9. The minimum Gasteiger partial charge on any atom is -0.339 e. The van der Waals surface area contributed by atoms with E-state index in [-0.39, 0.29) is 47.9 Å². The van der Waals surface area contributed by atoms with Gasteiger partial charge in [-0.25, -0.2) is 17.6 Å². The van der Waals surface area contributed by atoms with Gasteiger partial charge in [-0.1, -0.05) is 70.3 Å². The SMILES string of the molecule is CC(C)n1nccc1C(=O)N[C@H](C(=O)Nc1ccc([C@H](C)C(=O)NC(F)(C(F)F)C2CC2)cc1F)C(C1CCCCC1)C1CCCCC1. The van der Waals surface area contributed by atoms with E-state index in [2.05, 4.69) is 15.7 Å². The Labute approximate surface area is 280 Å². The quantitative estimate of drug-likeness (QED) is 0.150.